The second-order valence-corrected chi connectivity index (χ2v) is 7.32. The van der Waals surface area contributed by atoms with Crippen molar-refractivity contribution in [2.24, 2.45) is 4.99 Å². The van der Waals surface area contributed by atoms with Crippen LogP contribution in [0.15, 0.2) is 53.5 Å². The second kappa shape index (κ2) is 8.97. The van der Waals surface area contributed by atoms with Gasteiger partial charge in [-0.15, -0.1) is 0 Å². The van der Waals surface area contributed by atoms with E-state index in [9.17, 15) is 9.59 Å². The zero-order valence-corrected chi connectivity index (χ0v) is 16.4. The number of amides is 1. The van der Waals surface area contributed by atoms with Crippen LogP contribution in [0.2, 0.25) is 5.02 Å². The predicted octanol–water partition coefficient (Wildman–Crippen LogP) is 3.98. The third-order valence-corrected chi connectivity index (χ3v) is 5.20. The second-order valence-electron chi connectivity index (χ2n) is 5.88. The van der Waals surface area contributed by atoms with Crippen LogP contribution in [0.5, 0.6) is 0 Å². The van der Waals surface area contributed by atoms with Gasteiger partial charge in [-0.2, -0.15) is 4.99 Å². The van der Waals surface area contributed by atoms with E-state index >= 15 is 0 Å². The van der Waals surface area contributed by atoms with Gasteiger partial charge in [0.25, 0.3) is 0 Å². The summed E-state index contributed by atoms with van der Waals surface area (Å²) >= 11 is 7.40. The number of esters is 1. The number of aromatic nitrogens is 1. The molecule has 0 unspecified atom stereocenters. The smallest absolute Gasteiger partial charge is 0.326 e. The molecular weight excluding hydrogens is 384 g/mol. The van der Waals surface area contributed by atoms with Gasteiger partial charge in [0, 0.05) is 11.4 Å². The Balaban J connectivity index is 1.90. The fourth-order valence-corrected chi connectivity index (χ4v) is 4.00. The first-order valence-corrected chi connectivity index (χ1v) is 9.82. The molecule has 0 spiro atoms. The zero-order chi connectivity index (χ0) is 19.2. The molecule has 140 valence electrons. The monoisotopic (exact) mass is 402 g/mol. The third-order valence-electron chi connectivity index (χ3n) is 3.93. The summed E-state index contributed by atoms with van der Waals surface area (Å²) in [5.74, 6) is -0.598. The van der Waals surface area contributed by atoms with Crippen LogP contribution in [0, 0.1) is 0 Å². The molecule has 0 radical (unpaired) electrons. The molecule has 1 amide bonds. The number of hydrogen-bond acceptors (Lipinski definition) is 4. The summed E-state index contributed by atoms with van der Waals surface area (Å²) in [6.07, 6.45) is 0.927. The maximum atomic E-state index is 12.4. The van der Waals surface area contributed by atoms with Crippen molar-refractivity contribution < 1.29 is 14.3 Å². The van der Waals surface area contributed by atoms with Crippen LogP contribution in [0.1, 0.15) is 18.9 Å². The summed E-state index contributed by atoms with van der Waals surface area (Å²) in [6.45, 7) is 2.06. The van der Waals surface area contributed by atoms with E-state index in [0.717, 1.165) is 15.8 Å². The average molecular weight is 403 g/mol. The maximum absolute atomic E-state index is 12.4. The van der Waals surface area contributed by atoms with Crippen molar-refractivity contribution in [3.05, 3.63) is 63.9 Å². The normalized spacial score (nSPS) is 11.7. The summed E-state index contributed by atoms with van der Waals surface area (Å²) in [6, 6.07) is 15.2. The molecule has 3 rings (SSSR count). The number of carbonyl (C=O) groups excluding carboxylic acids is 2. The number of halogens is 1. The lowest BCUT2D eigenvalue weighted by Crippen LogP contribution is -2.23. The van der Waals surface area contributed by atoms with Crippen molar-refractivity contribution in [1.29, 1.82) is 0 Å². The van der Waals surface area contributed by atoms with Crippen LogP contribution in [-0.2, 0) is 27.3 Å². The van der Waals surface area contributed by atoms with Gasteiger partial charge in [-0.3, -0.25) is 9.59 Å². The van der Waals surface area contributed by atoms with Gasteiger partial charge >= 0.3 is 5.97 Å². The van der Waals surface area contributed by atoms with Gasteiger partial charge in [-0.05, 0) is 37.1 Å². The largest absolute Gasteiger partial charge is 0.465 e. The highest BCUT2D eigenvalue weighted by Gasteiger charge is 2.12. The Morgan fingerprint density at radius 3 is 2.70 bits per heavy atom. The van der Waals surface area contributed by atoms with Crippen molar-refractivity contribution in [3.63, 3.8) is 0 Å². The number of carbonyl (C=O) groups is 2. The van der Waals surface area contributed by atoms with E-state index in [-0.39, 0.29) is 18.4 Å². The first-order chi connectivity index (χ1) is 13.1. The first kappa shape index (κ1) is 19.3. The molecule has 5 nitrogen and oxygen atoms in total. The lowest BCUT2D eigenvalue weighted by atomic mass is 10.1. The van der Waals surface area contributed by atoms with Crippen LogP contribution >= 0.6 is 22.9 Å². The molecule has 3 aromatic rings. The summed E-state index contributed by atoms with van der Waals surface area (Å²) in [5.41, 5.74) is 1.88. The first-order valence-electron chi connectivity index (χ1n) is 8.63. The highest BCUT2D eigenvalue weighted by atomic mass is 35.5. The van der Waals surface area contributed by atoms with E-state index in [1.54, 1.807) is 23.6 Å². The topological polar surface area (TPSA) is 60.7 Å². The average Bonchev–Trinajstić information content (AvgIpc) is 2.97. The fourth-order valence-electron chi connectivity index (χ4n) is 2.68. The number of fused-ring (bicyclic) bond motifs is 1. The van der Waals surface area contributed by atoms with E-state index < -0.39 is 0 Å². The van der Waals surface area contributed by atoms with Gasteiger partial charge in [0.05, 0.1) is 16.8 Å². The molecule has 0 fully saturated rings. The Labute approximate surface area is 165 Å². The van der Waals surface area contributed by atoms with Crippen molar-refractivity contribution >= 4 is 45.0 Å². The molecule has 0 N–H and O–H groups in total. The lowest BCUT2D eigenvalue weighted by Gasteiger charge is -2.05. The minimum absolute atomic E-state index is 0.000269. The summed E-state index contributed by atoms with van der Waals surface area (Å²) in [4.78, 5) is 29.1. The molecule has 1 heterocycles. The Kier molecular flexibility index (Phi) is 6.42. The number of thiazole rings is 1. The van der Waals surface area contributed by atoms with Gasteiger partial charge in [-0.25, -0.2) is 0 Å². The van der Waals surface area contributed by atoms with E-state index in [2.05, 4.69) is 4.99 Å². The summed E-state index contributed by atoms with van der Waals surface area (Å²) in [7, 11) is 0. The standard InChI is InChI=1S/C20H19ClN2O3S/c1-2-26-19(25)13-23-16-10-9-15(21)12-17(16)27-20(23)22-18(24)11-8-14-6-4-3-5-7-14/h3-7,9-10,12H,2,8,11,13H2,1H3. The number of ether oxygens (including phenoxy) is 1. The van der Waals surface area contributed by atoms with Crippen LogP contribution in [0.4, 0.5) is 0 Å². The molecule has 0 bridgehead atoms. The molecule has 0 saturated heterocycles. The Morgan fingerprint density at radius 1 is 1.19 bits per heavy atom. The summed E-state index contributed by atoms with van der Waals surface area (Å²) in [5, 5.41) is 0.592. The molecule has 0 aliphatic carbocycles. The molecule has 0 aliphatic rings. The molecule has 1 aromatic heterocycles. The Bertz CT molecular complexity index is 1020. The SMILES string of the molecule is CCOC(=O)Cn1c(=NC(=O)CCc2ccccc2)sc2cc(Cl)ccc21. The number of rotatable bonds is 6. The summed E-state index contributed by atoms with van der Waals surface area (Å²) < 4.78 is 7.61. The zero-order valence-electron chi connectivity index (χ0n) is 14.9. The Hall–Kier alpha value is -2.44. The predicted molar refractivity (Wildman–Crippen MR) is 107 cm³/mol. The fraction of sp³-hybridized carbons (Fsp3) is 0.250. The Morgan fingerprint density at radius 2 is 1.96 bits per heavy atom. The molecule has 0 aliphatic heterocycles. The molecule has 2 aromatic carbocycles. The maximum Gasteiger partial charge on any atom is 0.326 e. The number of benzene rings is 2. The molecule has 0 atom stereocenters. The van der Waals surface area contributed by atoms with Crippen LogP contribution in [-0.4, -0.2) is 23.1 Å². The number of nitrogens with zero attached hydrogens (tertiary/aromatic N) is 2. The van der Waals surface area contributed by atoms with Crippen molar-refractivity contribution in [1.82, 2.24) is 4.57 Å². The molecular formula is C20H19ClN2O3S. The van der Waals surface area contributed by atoms with Crippen molar-refractivity contribution in [2.45, 2.75) is 26.3 Å². The quantitative estimate of drug-likeness (QED) is 0.586. The van der Waals surface area contributed by atoms with Crippen molar-refractivity contribution in [3.8, 4) is 0 Å². The minimum atomic E-state index is -0.370. The number of aryl methyl sites for hydroxylation is 1. The van der Waals surface area contributed by atoms with E-state index in [4.69, 9.17) is 16.3 Å². The third kappa shape index (κ3) is 5.05. The van der Waals surface area contributed by atoms with Gasteiger partial charge in [0.2, 0.25) is 5.91 Å². The lowest BCUT2D eigenvalue weighted by molar-refractivity contribution is -0.143. The molecule has 0 saturated carbocycles. The van der Waals surface area contributed by atoms with Gasteiger partial charge in [0.1, 0.15) is 6.54 Å². The van der Waals surface area contributed by atoms with E-state index in [1.165, 1.54) is 11.3 Å². The molecule has 7 heteroatoms. The van der Waals surface area contributed by atoms with Crippen LogP contribution in [0.25, 0.3) is 10.2 Å². The minimum Gasteiger partial charge on any atom is -0.465 e. The van der Waals surface area contributed by atoms with Gasteiger partial charge in [-0.1, -0.05) is 53.3 Å². The highest BCUT2D eigenvalue weighted by molar-refractivity contribution is 7.16. The highest BCUT2D eigenvalue weighted by Crippen LogP contribution is 2.22. The van der Waals surface area contributed by atoms with Gasteiger partial charge < -0.3 is 9.30 Å². The van der Waals surface area contributed by atoms with Gasteiger partial charge in [0.15, 0.2) is 4.80 Å². The molecule has 27 heavy (non-hydrogen) atoms. The van der Waals surface area contributed by atoms with Crippen LogP contribution < -0.4 is 4.80 Å². The van der Waals surface area contributed by atoms with Crippen LogP contribution in [0.3, 0.4) is 0 Å². The van der Waals surface area contributed by atoms with E-state index in [1.807, 2.05) is 36.4 Å². The van der Waals surface area contributed by atoms with E-state index in [0.29, 0.717) is 29.3 Å². The van der Waals surface area contributed by atoms with Crippen molar-refractivity contribution in [2.75, 3.05) is 6.61 Å². The number of hydrogen-bond donors (Lipinski definition) is 0.